The van der Waals surface area contributed by atoms with Crippen molar-refractivity contribution in [2.24, 2.45) is 0 Å². The molecule has 4 N–H and O–H groups in total. The summed E-state index contributed by atoms with van der Waals surface area (Å²) in [6.45, 7) is 7.74. The maximum atomic E-state index is 10.4. The van der Waals surface area contributed by atoms with Gasteiger partial charge in [-0.25, -0.2) is 5.43 Å². The highest BCUT2D eigenvalue weighted by atomic mass is 32.2. The van der Waals surface area contributed by atoms with E-state index in [0.717, 1.165) is 23.3 Å². The van der Waals surface area contributed by atoms with E-state index in [1.54, 1.807) is 19.1 Å². The summed E-state index contributed by atoms with van der Waals surface area (Å²) in [5.41, 5.74) is 7.35. The van der Waals surface area contributed by atoms with E-state index in [1.165, 1.54) is 17.5 Å². The zero-order valence-corrected chi connectivity index (χ0v) is 14.5. The lowest BCUT2D eigenvalue weighted by Gasteiger charge is -2.34. The zero-order valence-electron chi connectivity index (χ0n) is 13.7. The lowest BCUT2D eigenvalue weighted by atomic mass is 9.86. The fourth-order valence-electron chi connectivity index (χ4n) is 2.50. The molecule has 0 fully saturated rings. The smallest absolute Gasteiger partial charge is 0.101 e. The first-order valence-electron chi connectivity index (χ1n) is 7.82. The van der Waals surface area contributed by atoms with Gasteiger partial charge in [0.2, 0.25) is 0 Å². The molecular weight excluding hydrogens is 306 g/mol. The SMILES string of the molecule is C=CC1=CC=CC(C)(O)C1NNNSc1ccc(CCC)cc1. The van der Waals surface area contributed by atoms with Gasteiger partial charge in [0.15, 0.2) is 0 Å². The maximum Gasteiger partial charge on any atom is 0.101 e. The standard InChI is InChI=1S/C18H25N3OS/c1-4-7-14-9-11-16(12-10-14)23-21-20-19-17-15(5-2)8-6-13-18(17,3)22/h5-6,8-13,17,19-22H,2,4,7H2,1,3H3. The first-order valence-corrected chi connectivity index (χ1v) is 8.64. The quantitative estimate of drug-likeness (QED) is 0.335. The molecule has 0 saturated carbocycles. The van der Waals surface area contributed by atoms with Crippen molar-refractivity contribution in [2.75, 3.05) is 0 Å². The van der Waals surface area contributed by atoms with Gasteiger partial charge in [-0.1, -0.05) is 56.4 Å². The molecule has 2 rings (SSSR count). The molecule has 1 aliphatic rings. The Morgan fingerprint density at radius 2 is 2.09 bits per heavy atom. The van der Waals surface area contributed by atoms with Crippen molar-refractivity contribution < 1.29 is 5.11 Å². The largest absolute Gasteiger partial charge is 0.384 e. The highest BCUT2D eigenvalue weighted by molar-refractivity contribution is 7.97. The number of hydrogen-bond donors (Lipinski definition) is 4. The summed E-state index contributed by atoms with van der Waals surface area (Å²) in [6, 6.07) is 8.22. The van der Waals surface area contributed by atoms with Crippen LogP contribution in [-0.4, -0.2) is 16.7 Å². The maximum absolute atomic E-state index is 10.4. The normalized spacial score (nSPS) is 23.6. The van der Waals surface area contributed by atoms with E-state index in [0.29, 0.717) is 0 Å². The topological polar surface area (TPSA) is 56.3 Å². The average molecular weight is 331 g/mol. The molecule has 2 unspecified atom stereocenters. The van der Waals surface area contributed by atoms with Crippen molar-refractivity contribution in [3.05, 3.63) is 66.3 Å². The van der Waals surface area contributed by atoms with Crippen LogP contribution in [-0.2, 0) is 6.42 Å². The van der Waals surface area contributed by atoms with Crippen LogP contribution in [0.1, 0.15) is 25.8 Å². The molecule has 1 aliphatic carbocycles. The first-order chi connectivity index (χ1) is 11.1. The number of benzene rings is 1. The van der Waals surface area contributed by atoms with Gasteiger partial charge in [0.25, 0.3) is 0 Å². The van der Waals surface area contributed by atoms with Gasteiger partial charge in [0.1, 0.15) is 5.60 Å². The van der Waals surface area contributed by atoms with Gasteiger partial charge in [-0.2, -0.15) is 10.4 Å². The van der Waals surface area contributed by atoms with Crippen LogP contribution in [0.3, 0.4) is 0 Å². The average Bonchev–Trinajstić information content (AvgIpc) is 2.54. The number of aliphatic hydroxyl groups is 1. The number of nitrogens with one attached hydrogen (secondary N) is 3. The van der Waals surface area contributed by atoms with Gasteiger partial charge >= 0.3 is 0 Å². The predicted octanol–water partition coefficient (Wildman–Crippen LogP) is 3.05. The van der Waals surface area contributed by atoms with Crippen LogP contribution in [0, 0.1) is 0 Å². The molecular formula is C18H25N3OS. The highest BCUT2D eigenvalue weighted by Crippen LogP contribution is 2.23. The van der Waals surface area contributed by atoms with E-state index in [1.807, 2.05) is 12.2 Å². The molecule has 0 heterocycles. The lowest BCUT2D eigenvalue weighted by Crippen LogP contribution is -2.56. The molecule has 0 bridgehead atoms. The number of hydrogen-bond acceptors (Lipinski definition) is 5. The minimum absolute atomic E-state index is 0.273. The van der Waals surface area contributed by atoms with Crippen LogP contribution in [0.25, 0.3) is 0 Å². The molecule has 0 radical (unpaired) electrons. The Balaban J connectivity index is 1.81. The third-order valence-corrected chi connectivity index (χ3v) is 4.49. The van der Waals surface area contributed by atoms with Gasteiger partial charge in [0.05, 0.1) is 6.04 Å². The van der Waals surface area contributed by atoms with Gasteiger partial charge in [0, 0.05) is 4.90 Å². The molecule has 0 spiro atoms. The fraction of sp³-hybridized carbons (Fsp3) is 0.333. The Morgan fingerprint density at radius 3 is 2.74 bits per heavy atom. The third-order valence-electron chi connectivity index (χ3n) is 3.77. The molecule has 23 heavy (non-hydrogen) atoms. The van der Waals surface area contributed by atoms with E-state index in [9.17, 15) is 5.11 Å². The summed E-state index contributed by atoms with van der Waals surface area (Å²) >= 11 is 1.48. The summed E-state index contributed by atoms with van der Waals surface area (Å²) < 4.78 is 0. The summed E-state index contributed by atoms with van der Waals surface area (Å²) in [5, 5.41) is 10.4. The number of aryl methyl sites for hydroxylation is 1. The van der Waals surface area contributed by atoms with Gasteiger partial charge in [-0.15, -0.1) is 0 Å². The second kappa shape index (κ2) is 8.47. The highest BCUT2D eigenvalue weighted by Gasteiger charge is 2.32. The number of hydrazine groups is 2. The summed E-state index contributed by atoms with van der Waals surface area (Å²) in [7, 11) is 0. The van der Waals surface area contributed by atoms with Gasteiger partial charge in [-0.05, 0) is 48.6 Å². The van der Waals surface area contributed by atoms with E-state index < -0.39 is 5.60 Å². The van der Waals surface area contributed by atoms with E-state index >= 15 is 0 Å². The van der Waals surface area contributed by atoms with Gasteiger partial charge in [-0.3, -0.25) is 0 Å². The summed E-state index contributed by atoms with van der Waals surface area (Å²) in [4.78, 5) is 4.16. The van der Waals surface area contributed by atoms with Crippen LogP contribution < -0.4 is 15.8 Å². The molecule has 4 nitrogen and oxygen atoms in total. The lowest BCUT2D eigenvalue weighted by molar-refractivity contribution is 0.0728. The Morgan fingerprint density at radius 1 is 1.35 bits per heavy atom. The van der Waals surface area contributed by atoms with Crippen LogP contribution in [0.15, 0.2) is 65.6 Å². The molecule has 2 atom stereocenters. The minimum Gasteiger partial charge on any atom is -0.384 e. The fourth-order valence-corrected chi connectivity index (χ4v) is 3.00. The zero-order chi connectivity index (χ0) is 16.7. The predicted molar refractivity (Wildman–Crippen MR) is 97.5 cm³/mol. The third kappa shape index (κ3) is 5.06. The molecule has 5 heteroatoms. The van der Waals surface area contributed by atoms with Crippen molar-refractivity contribution >= 4 is 11.9 Å². The van der Waals surface area contributed by atoms with Crippen LogP contribution >= 0.6 is 11.9 Å². The molecule has 0 aliphatic heterocycles. The van der Waals surface area contributed by atoms with Crippen molar-refractivity contribution in [1.82, 2.24) is 15.8 Å². The Labute approximate surface area is 142 Å². The number of allylic oxidation sites excluding steroid dienone is 2. The van der Waals surface area contributed by atoms with Crippen molar-refractivity contribution in [3.8, 4) is 0 Å². The Kier molecular flexibility index (Phi) is 6.62. The van der Waals surface area contributed by atoms with Crippen LogP contribution in [0.2, 0.25) is 0 Å². The molecule has 0 amide bonds. The number of rotatable bonds is 8. The molecule has 1 aromatic carbocycles. The Hall–Kier alpha value is -1.37. The minimum atomic E-state index is -0.973. The second-order valence-corrected chi connectivity index (χ2v) is 6.64. The summed E-state index contributed by atoms with van der Waals surface area (Å²) in [6.07, 6.45) is 9.55. The van der Waals surface area contributed by atoms with Crippen molar-refractivity contribution in [3.63, 3.8) is 0 Å². The molecule has 0 saturated heterocycles. The van der Waals surface area contributed by atoms with Crippen LogP contribution in [0.5, 0.6) is 0 Å². The van der Waals surface area contributed by atoms with E-state index in [4.69, 9.17) is 0 Å². The molecule has 0 aromatic heterocycles. The first kappa shape index (κ1) is 18.0. The Bertz CT molecular complexity index is 578. The van der Waals surface area contributed by atoms with E-state index in [-0.39, 0.29) is 6.04 Å². The summed E-state index contributed by atoms with van der Waals surface area (Å²) in [5.74, 6) is 0. The molecule has 1 aromatic rings. The monoisotopic (exact) mass is 331 g/mol. The van der Waals surface area contributed by atoms with E-state index in [2.05, 4.69) is 53.6 Å². The van der Waals surface area contributed by atoms with Crippen molar-refractivity contribution in [1.29, 1.82) is 0 Å². The van der Waals surface area contributed by atoms with Crippen molar-refractivity contribution in [2.45, 2.75) is 43.2 Å². The van der Waals surface area contributed by atoms with Crippen LogP contribution in [0.4, 0.5) is 0 Å². The second-order valence-electron chi connectivity index (χ2n) is 5.76. The molecule has 124 valence electrons. The van der Waals surface area contributed by atoms with Gasteiger partial charge < -0.3 is 5.11 Å².